The van der Waals surface area contributed by atoms with Crippen LogP contribution in [0.25, 0.3) is 5.78 Å². The lowest BCUT2D eigenvalue weighted by molar-refractivity contribution is 0.0955. The van der Waals surface area contributed by atoms with Gasteiger partial charge in [-0.2, -0.15) is 5.10 Å². The molecule has 1 aliphatic rings. The average molecular weight is 339 g/mol. The Labute approximate surface area is 145 Å². The van der Waals surface area contributed by atoms with E-state index >= 15 is 0 Å². The molecule has 0 bridgehead atoms. The first-order valence-electron chi connectivity index (χ1n) is 8.51. The lowest BCUT2D eigenvalue weighted by Gasteiger charge is -2.32. The Kier molecular flexibility index (Phi) is 4.19. The van der Waals surface area contributed by atoms with E-state index in [1.54, 1.807) is 19.3 Å². The number of carbonyl (C=O) groups excluding carboxylic acids is 1. The maximum absolute atomic E-state index is 11.7. The first-order valence-corrected chi connectivity index (χ1v) is 8.51. The summed E-state index contributed by atoms with van der Waals surface area (Å²) in [5.41, 5.74) is 1.60. The smallest absolute Gasteiger partial charge is 0.271 e. The van der Waals surface area contributed by atoms with E-state index in [1.807, 2.05) is 33.7 Å². The highest BCUT2D eigenvalue weighted by Gasteiger charge is 2.23. The highest BCUT2D eigenvalue weighted by atomic mass is 16.1. The van der Waals surface area contributed by atoms with Gasteiger partial charge in [0, 0.05) is 38.7 Å². The van der Waals surface area contributed by atoms with E-state index < -0.39 is 0 Å². The summed E-state index contributed by atoms with van der Waals surface area (Å²) in [6.45, 7) is 2.78. The average Bonchev–Trinajstić information content (AvgIpc) is 3.29. The Balaban J connectivity index is 1.47. The Morgan fingerprint density at radius 2 is 2.28 bits per heavy atom. The first kappa shape index (κ1) is 15.8. The van der Waals surface area contributed by atoms with Gasteiger partial charge in [-0.1, -0.05) is 0 Å². The number of aromatic nitrogens is 5. The summed E-state index contributed by atoms with van der Waals surface area (Å²) in [4.78, 5) is 22.7. The molecule has 4 heterocycles. The van der Waals surface area contributed by atoms with Gasteiger partial charge in [-0.15, -0.1) is 0 Å². The number of carbonyl (C=O) groups is 1. The number of nitrogens with one attached hydrogen (secondary N) is 1. The highest BCUT2D eigenvalue weighted by molar-refractivity contribution is 5.91. The number of imidazole rings is 1. The molecular weight excluding hydrogens is 318 g/mol. The second kappa shape index (κ2) is 6.64. The zero-order valence-corrected chi connectivity index (χ0v) is 14.2. The van der Waals surface area contributed by atoms with E-state index in [1.165, 1.54) is 0 Å². The fraction of sp³-hybridized carbons (Fsp3) is 0.412. The van der Waals surface area contributed by atoms with Crippen LogP contribution in [-0.4, -0.2) is 55.1 Å². The molecule has 1 amide bonds. The van der Waals surface area contributed by atoms with E-state index in [9.17, 15) is 4.79 Å². The summed E-state index contributed by atoms with van der Waals surface area (Å²) in [5.74, 6) is 0.581. The number of hydrogen-bond acceptors (Lipinski definition) is 5. The van der Waals surface area contributed by atoms with Gasteiger partial charge in [0.05, 0.1) is 17.9 Å². The maximum atomic E-state index is 11.7. The number of rotatable bonds is 4. The van der Waals surface area contributed by atoms with Crippen molar-refractivity contribution in [1.29, 1.82) is 0 Å². The number of fused-ring (bicyclic) bond motifs is 1. The molecule has 0 spiro atoms. The zero-order valence-electron chi connectivity index (χ0n) is 14.2. The van der Waals surface area contributed by atoms with Crippen molar-refractivity contribution in [3.05, 3.63) is 48.3 Å². The summed E-state index contributed by atoms with van der Waals surface area (Å²) in [5, 5.41) is 7.05. The summed E-state index contributed by atoms with van der Waals surface area (Å²) >= 11 is 0. The minimum atomic E-state index is -0.148. The van der Waals surface area contributed by atoms with Gasteiger partial charge in [-0.3, -0.25) is 18.8 Å². The first-order chi connectivity index (χ1) is 12.2. The van der Waals surface area contributed by atoms with E-state index in [4.69, 9.17) is 0 Å². The van der Waals surface area contributed by atoms with Crippen LogP contribution in [0.4, 0.5) is 0 Å². The van der Waals surface area contributed by atoms with E-state index in [2.05, 4.69) is 25.3 Å². The highest BCUT2D eigenvalue weighted by Crippen LogP contribution is 2.22. The third-order valence-electron chi connectivity index (χ3n) is 4.67. The molecule has 8 nitrogen and oxygen atoms in total. The van der Waals surface area contributed by atoms with Crippen molar-refractivity contribution in [1.82, 2.24) is 34.4 Å². The number of hydrogen-bond donors (Lipinski definition) is 1. The van der Waals surface area contributed by atoms with Crippen molar-refractivity contribution in [3.63, 3.8) is 0 Å². The van der Waals surface area contributed by atoms with Crippen molar-refractivity contribution in [2.45, 2.75) is 25.4 Å². The predicted octanol–water partition coefficient (Wildman–Crippen LogP) is 1.12. The molecule has 1 fully saturated rings. The Hall–Kier alpha value is -2.74. The van der Waals surface area contributed by atoms with Gasteiger partial charge < -0.3 is 5.32 Å². The molecule has 1 N–H and O–H groups in total. The van der Waals surface area contributed by atoms with Gasteiger partial charge in [0.15, 0.2) is 0 Å². The molecule has 0 unspecified atom stereocenters. The summed E-state index contributed by atoms with van der Waals surface area (Å²) in [6, 6.07) is 3.97. The van der Waals surface area contributed by atoms with E-state index in [0.717, 1.165) is 43.9 Å². The van der Waals surface area contributed by atoms with Crippen LogP contribution in [0.2, 0.25) is 0 Å². The molecule has 8 heteroatoms. The van der Waals surface area contributed by atoms with Crippen molar-refractivity contribution < 1.29 is 4.79 Å². The zero-order chi connectivity index (χ0) is 17.2. The van der Waals surface area contributed by atoms with Crippen molar-refractivity contribution in [3.8, 4) is 0 Å². The number of likely N-dealkylation sites (tertiary alicyclic amines) is 1. The van der Waals surface area contributed by atoms with Crippen LogP contribution in [0.3, 0.4) is 0 Å². The standard InChI is InChI=1S/C17H21N7O/c1-18-16(25)15-5-9-24(21-15)13-4-2-7-22(11-13)12-14-10-20-17-19-6-3-8-23(14)17/h3,5-6,8-10,13H,2,4,7,11-12H2,1H3,(H,18,25)/t13-/m0/s1. The van der Waals surface area contributed by atoms with Crippen molar-refractivity contribution in [2.24, 2.45) is 0 Å². The Bertz CT molecular complexity index is 884. The topological polar surface area (TPSA) is 80.4 Å². The minimum absolute atomic E-state index is 0.148. The van der Waals surface area contributed by atoms with Crippen molar-refractivity contribution >= 4 is 11.7 Å². The Morgan fingerprint density at radius 1 is 1.36 bits per heavy atom. The summed E-state index contributed by atoms with van der Waals surface area (Å²) in [7, 11) is 1.62. The molecule has 4 rings (SSSR count). The van der Waals surface area contributed by atoms with Crippen LogP contribution in [0.1, 0.15) is 35.1 Å². The fourth-order valence-corrected chi connectivity index (χ4v) is 3.40. The fourth-order valence-electron chi connectivity index (χ4n) is 3.40. The molecule has 0 aliphatic carbocycles. The van der Waals surface area contributed by atoms with Crippen LogP contribution in [0.15, 0.2) is 36.9 Å². The van der Waals surface area contributed by atoms with Gasteiger partial charge >= 0.3 is 0 Å². The van der Waals surface area contributed by atoms with Gasteiger partial charge in [0.1, 0.15) is 5.69 Å². The molecule has 1 saturated heterocycles. The molecule has 3 aromatic rings. The number of amides is 1. The van der Waals surface area contributed by atoms with Gasteiger partial charge in [0.25, 0.3) is 5.91 Å². The molecule has 0 saturated carbocycles. The number of nitrogens with zero attached hydrogens (tertiary/aromatic N) is 6. The third kappa shape index (κ3) is 3.12. The van der Waals surface area contributed by atoms with Crippen LogP contribution >= 0.6 is 0 Å². The predicted molar refractivity (Wildman–Crippen MR) is 92.2 cm³/mol. The van der Waals surface area contributed by atoms with Gasteiger partial charge in [0.2, 0.25) is 5.78 Å². The van der Waals surface area contributed by atoms with Crippen LogP contribution in [-0.2, 0) is 6.54 Å². The van der Waals surface area contributed by atoms with Crippen LogP contribution < -0.4 is 5.32 Å². The van der Waals surface area contributed by atoms with Crippen molar-refractivity contribution in [2.75, 3.05) is 20.1 Å². The molecule has 3 aromatic heterocycles. The summed E-state index contributed by atoms with van der Waals surface area (Å²) < 4.78 is 3.95. The summed E-state index contributed by atoms with van der Waals surface area (Å²) in [6.07, 6.45) is 9.72. The second-order valence-electron chi connectivity index (χ2n) is 6.33. The molecule has 1 atom stereocenters. The van der Waals surface area contributed by atoms with E-state index in [-0.39, 0.29) is 11.9 Å². The maximum Gasteiger partial charge on any atom is 0.271 e. The largest absolute Gasteiger partial charge is 0.354 e. The molecule has 0 aromatic carbocycles. The minimum Gasteiger partial charge on any atom is -0.354 e. The molecule has 25 heavy (non-hydrogen) atoms. The van der Waals surface area contributed by atoms with Crippen LogP contribution in [0, 0.1) is 0 Å². The molecule has 130 valence electrons. The Morgan fingerprint density at radius 3 is 3.16 bits per heavy atom. The van der Waals surface area contributed by atoms with Gasteiger partial charge in [-0.05, 0) is 31.5 Å². The van der Waals surface area contributed by atoms with E-state index in [0.29, 0.717) is 5.69 Å². The molecule has 0 radical (unpaired) electrons. The lowest BCUT2D eigenvalue weighted by Crippen LogP contribution is -2.36. The molecular formula is C17H21N7O. The second-order valence-corrected chi connectivity index (χ2v) is 6.33. The SMILES string of the molecule is CNC(=O)c1ccn([C@H]2CCCN(Cc3cnc4ncccn34)C2)n1. The van der Waals surface area contributed by atoms with Crippen LogP contribution in [0.5, 0.6) is 0 Å². The quantitative estimate of drug-likeness (QED) is 0.770. The number of piperidine rings is 1. The third-order valence-corrected chi connectivity index (χ3v) is 4.67. The normalized spacial score (nSPS) is 18.5. The lowest BCUT2D eigenvalue weighted by atomic mass is 10.1. The van der Waals surface area contributed by atoms with Gasteiger partial charge in [-0.25, -0.2) is 9.97 Å². The monoisotopic (exact) mass is 339 g/mol. The molecule has 1 aliphatic heterocycles.